The van der Waals surface area contributed by atoms with Gasteiger partial charge in [0.25, 0.3) is 11.6 Å². The Bertz CT molecular complexity index is 913. The average molecular weight is 336 g/mol. The molecule has 0 aliphatic carbocycles. The van der Waals surface area contributed by atoms with Crippen molar-refractivity contribution in [2.24, 2.45) is 0 Å². The summed E-state index contributed by atoms with van der Waals surface area (Å²) in [4.78, 5) is 19.1. The third kappa shape index (κ3) is 3.20. The fourth-order valence-electron chi connectivity index (χ4n) is 3.20. The van der Waals surface area contributed by atoms with Crippen molar-refractivity contribution in [3.63, 3.8) is 0 Å². The Kier molecular flexibility index (Phi) is 4.09. The lowest BCUT2D eigenvalue weighted by atomic mass is 10.1. The van der Waals surface area contributed by atoms with E-state index in [1.54, 1.807) is 6.07 Å². The highest BCUT2D eigenvalue weighted by Crippen LogP contribution is 2.24. The van der Waals surface area contributed by atoms with Crippen molar-refractivity contribution in [2.45, 2.75) is 26.2 Å². The van der Waals surface area contributed by atoms with Crippen LogP contribution in [0.5, 0.6) is 0 Å². The van der Waals surface area contributed by atoms with Crippen molar-refractivity contribution in [3.8, 4) is 0 Å². The zero-order valence-electron chi connectivity index (χ0n) is 14.2. The lowest BCUT2D eigenvalue weighted by Crippen LogP contribution is -2.29. The number of piperidine rings is 1. The van der Waals surface area contributed by atoms with Crippen LogP contribution in [0.25, 0.3) is 11.1 Å². The Morgan fingerprint density at radius 2 is 2.04 bits per heavy atom. The van der Waals surface area contributed by atoms with E-state index in [1.807, 2.05) is 25.1 Å². The van der Waals surface area contributed by atoms with Crippen molar-refractivity contribution in [1.82, 2.24) is 10.1 Å². The van der Waals surface area contributed by atoms with Gasteiger partial charge in [0.15, 0.2) is 0 Å². The molecule has 3 heterocycles. The minimum absolute atomic E-state index is 0.189. The molecule has 0 saturated carbocycles. The Labute approximate surface area is 145 Å². The lowest BCUT2D eigenvalue weighted by Gasteiger charge is -2.29. The second kappa shape index (κ2) is 6.55. The third-order valence-electron chi connectivity index (χ3n) is 4.60. The highest BCUT2D eigenvalue weighted by Gasteiger charge is 2.14. The summed E-state index contributed by atoms with van der Waals surface area (Å²) in [5.41, 5.74) is 3.60. The molecule has 1 amide bonds. The first kappa shape index (κ1) is 15.6. The summed E-state index contributed by atoms with van der Waals surface area (Å²) in [6, 6.07) is 9.76. The molecule has 0 spiro atoms. The molecule has 6 heteroatoms. The molecule has 0 bridgehead atoms. The van der Waals surface area contributed by atoms with Crippen LogP contribution in [0.2, 0.25) is 0 Å². The maximum Gasteiger partial charge on any atom is 0.257 e. The molecule has 0 radical (unpaired) electrons. The first-order valence-corrected chi connectivity index (χ1v) is 8.59. The van der Waals surface area contributed by atoms with Crippen LogP contribution in [-0.2, 0) is 0 Å². The van der Waals surface area contributed by atoms with Gasteiger partial charge in [-0.25, -0.2) is 4.98 Å². The Hall–Kier alpha value is -2.89. The van der Waals surface area contributed by atoms with Crippen LogP contribution in [0.3, 0.4) is 0 Å². The van der Waals surface area contributed by atoms with Crippen LogP contribution < -0.4 is 10.2 Å². The molecule has 1 aliphatic heterocycles. The van der Waals surface area contributed by atoms with E-state index in [1.165, 1.54) is 25.5 Å². The minimum atomic E-state index is -0.189. The molecule has 1 saturated heterocycles. The summed E-state index contributed by atoms with van der Waals surface area (Å²) >= 11 is 0. The van der Waals surface area contributed by atoms with Gasteiger partial charge in [-0.15, -0.1) is 0 Å². The number of anilines is 2. The van der Waals surface area contributed by atoms with Crippen LogP contribution in [0.15, 0.2) is 41.1 Å². The Morgan fingerprint density at radius 1 is 1.20 bits per heavy atom. The summed E-state index contributed by atoms with van der Waals surface area (Å²) in [7, 11) is 0. The van der Waals surface area contributed by atoms with Gasteiger partial charge in [0.2, 0.25) is 0 Å². The summed E-state index contributed by atoms with van der Waals surface area (Å²) in [5, 5.41) is 7.59. The molecule has 1 aromatic carbocycles. The zero-order chi connectivity index (χ0) is 17.2. The highest BCUT2D eigenvalue weighted by atomic mass is 16.5. The van der Waals surface area contributed by atoms with Crippen LogP contribution in [0.4, 0.5) is 11.4 Å². The van der Waals surface area contributed by atoms with Gasteiger partial charge >= 0.3 is 0 Å². The van der Waals surface area contributed by atoms with Crippen LogP contribution in [0.1, 0.15) is 35.3 Å². The summed E-state index contributed by atoms with van der Waals surface area (Å²) < 4.78 is 5.09. The number of nitrogens with zero attached hydrogens (tertiary/aromatic N) is 3. The number of nitrogens with one attached hydrogen (secondary N) is 1. The molecule has 1 aliphatic rings. The second-order valence-corrected chi connectivity index (χ2v) is 6.40. The van der Waals surface area contributed by atoms with Gasteiger partial charge in [0, 0.05) is 30.7 Å². The SMILES string of the molecule is Cc1noc2ncc(C(=O)Nc3cccc(N4CCCCC4)c3)cc12. The van der Waals surface area contributed by atoms with E-state index in [9.17, 15) is 4.79 Å². The molecule has 1 N–H and O–H groups in total. The number of rotatable bonds is 3. The Balaban J connectivity index is 1.54. The number of hydrogen-bond donors (Lipinski definition) is 1. The molecule has 3 aromatic rings. The highest BCUT2D eigenvalue weighted by molar-refractivity contribution is 6.05. The van der Waals surface area contributed by atoms with Gasteiger partial charge in [0.1, 0.15) is 0 Å². The monoisotopic (exact) mass is 336 g/mol. The standard InChI is InChI=1S/C19H20N4O2/c1-13-17-10-14(12-20-19(17)25-22-13)18(24)21-15-6-5-7-16(11-15)23-8-3-2-4-9-23/h5-7,10-12H,2-4,8-9H2,1H3,(H,21,24). The molecular weight excluding hydrogens is 316 g/mol. The van der Waals surface area contributed by atoms with Gasteiger partial charge in [0.05, 0.1) is 16.6 Å². The second-order valence-electron chi connectivity index (χ2n) is 6.40. The molecule has 0 atom stereocenters. The number of hydrogen-bond acceptors (Lipinski definition) is 5. The molecule has 4 rings (SSSR count). The topological polar surface area (TPSA) is 71.3 Å². The molecule has 0 unspecified atom stereocenters. The van der Waals surface area contributed by atoms with Crippen molar-refractivity contribution in [3.05, 3.63) is 47.8 Å². The van der Waals surface area contributed by atoms with E-state index >= 15 is 0 Å². The normalized spacial score (nSPS) is 14.7. The van der Waals surface area contributed by atoms with Gasteiger partial charge in [-0.3, -0.25) is 4.79 Å². The maximum atomic E-state index is 12.6. The van der Waals surface area contributed by atoms with E-state index in [-0.39, 0.29) is 5.91 Å². The molecular formula is C19H20N4O2. The van der Waals surface area contributed by atoms with Crippen molar-refractivity contribution < 1.29 is 9.32 Å². The predicted molar refractivity (Wildman–Crippen MR) is 97.0 cm³/mol. The summed E-state index contributed by atoms with van der Waals surface area (Å²) in [6.45, 7) is 3.98. The fraction of sp³-hybridized carbons (Fsp3) is 0.316. The van der Waals surface area contributed by atoms with Gasteiger partial charge in [-0.05, 0) is 50.5 Å². The van der Waals surface area contributed by atoms with E-state index in [4.69, 9.17) is 4.52 Å². The predicted octanol–water partition coefficient (Wildman–Crippen LogP) is 3.77. The first-order valence-electron chi connectivity index (χ1n) is 8.59. The van der Waals surface area contributed by atoms with Gasteiger partial charge in [-0.1, -0.05) is 11.2 Å². The Morgan fingerprint density at radius 3 is 2.88 bits per heavy atom. The van der Waals surface area contributed by atoms with E-state index in [0.717, 1.165) is 35.5 Å². The number of carbonyl (C=O) groups is 1. The molecule has 1 fully saturated rings. The number of carbonyl (C=O) groups excluding carboxylic acids is 1. The van der Waals surface area contributed by atoms with E-state index in [2.05, 4.69) is 26.4 Å². The maximum absolute atomic E-state index is 12.6. The minimum Gasteiger partial charge on any atom is -0.371 e. The zero-order valence-corrected chi connectivity index (χ0v) is 14.2. The fourth-order valence-corrected chi connectivity index (χ4v) is 3.20. The molecule has 25 heavy (non-hydrogen) atoms. The first-order chi connectivity index (χ1) is 12.2. The third-order valence-corrected chi connectivity index (χ3v) is 4.60. The van der Waals surface area contributed by atoms with E-state index < -0.39 is 0 Å². The van der Waals surface area contributed by atoms with Crippen LogP contribution in [0, 0.1) is 6.92 Å². The largest absolute Gasteiger partial charge is 0.371 e. The number of pyridine rings is 1. The average Bonchev–Trinajstić information content (AvgIpc) is 3.03. The smallest absolute Gasteiger partial charge is 0.257 e. The van der Waals surface area contributed by atoms with Crippen LogP contribution in [-0.4, -0.2) is 29.1 Å². The summed E-state index contributed by atoms with van der Waals surface area (Å²) in [6.07, 6.45) is 5.25. The van der Waals surface area contributed by atoms with Gasteiger partial charge < -0.3 is 14.7 Å². The van der Waals surface area contributed by atoms with Gasteiger partial charge in [-0.2, -0.15) is 0 Å². The summed E-state index contributed by atoms with van der Waals surface area (Å²) in [5.74, 6) is -0.189. The number of amides is 1. The van der Waals surface area contributed by atoms with Crippen molar-refractivity contribution >= 4 is 28.4 Å². The molecule has 128 valence electrons. The van der Waals surface area contributed by atoms with E-state index in [0.29, 0.717) is 11.3 Å². The quantitative estimate of drug-likeness (QED) is 0.788. The number of benzene rings is 1. The molecule has 2 aromatic heterocycles. The van der Waals surface area contributed by atoms with Crippen LogP contribution >= 0.6 is 0 Å². The lowest BCUT2D eigenvalue weighted by molar-refractivity contribution is 0.102. The van der Waals surface area contributed by atoms with Crippen molar-refractivity contribution in [1.29, 1.82) is 0 Å². The number of aromatic nitrogens is 2. The molecule has 6 nitrogen and oxygen atoms in total. The number of fused-ring (bicyclic) bond motifs is 1. The number of aryl methyl sites for hydroxylation is 1. The van der Waals surface area contributed by atoms with Crippen molar-refractivity contribution in [2.75, 3.05) is 23.3 Å².